The summed E-state index contributed by atoms with van der Waals surface area (Å²) in [5, 5.41) is 10.2. The maximum absolute atomic E-state index is 10.2. The molecule has 0 bridgehead atoms. The van der Waals surface area contributed by atoms with Crippen molar-refractivity contribution in [3.63, 3.8) is 0 Å². The van der Waals surface area contributed by atoms with Gasteiger partial charge in [-0.25, -0.2) is 0 Å². The summed E-state index contributed by atoms with van der Waals surface area (Å²) in [5.41, 5.74) is 6.00. The van der Waals surface area contributed by atoms with Crippen LogP contribution in [-0.2, 0) is 0 Å². The Morgan fingerprint density at radius 3 is 2.57 bits per heavy atom. The van der Waals surface area contributed by atoms with Crippen molar-refractivity contribution in [2.24, 2.45) is 40.4 Å². The van der Waals surface area contributed by atoms with Crippen molar-refractivity contribution in [2.45, 2.75) is 105 Å². The molecule has 3 unspecified atom stereocenters. The Labute approximate surface area is 186 Å². The van der Waals surface area contributed by atoms with E-state index in [1.807, 2.05) is 0 Å². The molecule has 0 radical (unpaired) electrons. The summed E-state index contributed by atoms with van der Waals surface area (Å²) in [6, 6.07) is 0. The van der Waals surface area contributed by atoms with Crippen LogP contribution < -0.4 is 0 Å². The lowest BCUT2D eigenvalue weighted by atomic mass is 9.51. The molecule has 0 aliphatic heterocycles. The van der Waals surface area contributed by atoms with Crippen LogP contribution in [0.5, 0.6) is 0 Å². The molecule has 1 heteroatoms. The van der Waals surface area contributed by atoms with Gasteiger partial charge in [0.1, 0.15) is 0 Å². The zero-order chi connectivity index (χ0) is 21.7. The third kappa shape index (κ3) is 3.68. The Hall–Kier alpha value is -0.820. The molecule has 4 rings (SSSR count). The third-order valence-electron chi connectivity index (χ3n) is 10.2. The lowest BCUT2D eigenvalue weighted by Crippen LogP contribution is -2.44. The summed E-state index contributed by atoms with van der Waals surface area (Å²) in [5.74, 6) is 3.65. The Kier molecular flexibility index (Phi) is 6.17. The smallest absolute Gasteiger partial charge is 0.0543 e. The van der Waals surface area contributed by atoms with E-state index in [2.05, 4.69) is 59.8 Å². The van der Waals surface area contributed by atoms with E-state index in [-0.39, 0.29) is 6.10 Å². The molecule has 1 fully saturated rings. The highest BCUT2D eigenvalue weighted by Crippen LogP contribution is 2.64. The monoisotopic (exact) mass is 410 g/mol. The Balaban J connectivity index is 1.52. The first kappa shape index (κ1) is 22.4. The van der Waals surface area contributed by atoms with E-state index < -0.39 is 0 Å². The van der Waals surface area contributed by atoms with Crippen molar-refractivity contribution in [1.29, 1.82) is 0 Å². The number of hydrogen-bond donors (Lipinski definition) is 1. The fourth-order valence-corrected chi connectivity index (χ4v) is 7.58. The predicted molar refractivity (Wildman–Crippen MR) is 128 cm³/mol. The van der Waals surface area contributed by atoms with E-state index in [0.717, 1.165) is 30.6 Å². The topological polar surface area (TPSA) is 20.2 Å². The Morgan fingerprint density at radius 1 is 1.07 bits per heavy atom. The second-order valence-electron chi connectivity index (χ2n) is 12.2. The lowest BCUT2D eigenvalue weighted by Gasteiger charge is -2.53. The Morgan fingerprint density at radius 2 is 1.83 bits per heavy atom. The molecular weight excluding hydrogens is 364 g/mol. The van der Waals surface area contributed by atoms with Gasteiger partial charge in [-0.15, -0.1) is 0 Å². The van der Waals surface area contributed by atoms with E-state index in [4.69, 9.17) is 0 Å². The molecule has 0 aromatic heterocycles. The highest BCUT2D eigenvalue weighted by atomic mass is 16.3. The van der Waals surface area contributed by atoms with Crippen LogP contribution in [0.1, 0.15) is 99.3 Å². The van der Waals surface area contributed by atoms with Crippen molar-refractivity contribution in [1.82, 2.24) is 0 Å². The van der Waals surface area contributed by atoms with Gasteiger partial charge in [0.25, 0.3) is 0 Å². The second kappa shape index (κ2) is 8.27. The van der Waals surface area contributed by atoms with Gasteiger partial charge in [0.15, 0.2) is 0 Å². The highest BCUT2D eigenvalue weighted by molar-refractivity contribution is 5.49. The van der Waals surface area contributed by atoms with Crippen molar-refractivity contribution in [3.05, 3.63) is 34.9 Å². The number of aliphatic hydroxyl groups excluding tert-OH is 1. The summed E-state index contributed by atoms with van der Waals surface area (Å²) in [6.07, 6.45) is 18.5. The van der Waals surface area contributed by atoms with E-state index >= 15 is 0 Å². The summed E-state index contributed by atoms with van der Waals surface area (Å²) in [6.45, 7) is 14.6. The van der Waals surface area contributed by atoms with Gasteiger partial charge < -0.3 is 5.11 Å². The van der Waals surface area contributed by atoms with Gasteiger partial charge in [-0.1, -0.05) is 65.3 Å². The molecule has 30 heavy (non-hydrogen) atoms. The van der Waals surface area contributed by atoms with E-state index in [9.17, 15) is 5.11 Å². The molecule has 0 amide bonds. The van der Waals surface area contributed by atoms with Crippen molar-refractivity contribution >= 4 is 0 Å². The fourth-order valence-electron chi connectivity index (χ4n) is 7.58. The van der Waals surface area contributed by atoms with Gasteiger partial charge in [-0.2, -0.15) is 0 Å². The van der Waals surface area contributed by atoms with E-state index in [1.54, 1.807) is 16.7 Å². The van der Waals surface area contributed by atoms with Crippen molar-refractivity contribution in [3.8, 4) is 0 Å². The highest BCUT2D eigenvalue weighted by Gasteiger charge is 2.52. The number of allylic oxidation sites excluding steroid dienone is 6. The molecule has 7 atom stereocenters. The third-order valence-corrected chi connectivity index (χ3v) is 10.2. The van der Waals surface area contributed by atoms with Crippen LogP contribution in [0.25, 0.3) is 0 Å². The quantitative estimate of drug-likeness (QED) is 0.457. The maximum atomic E-state index is 10.2. The average Bonchev–Trinajstić information content (AvgIpc) is 3.05. The predicted octanol–water partition coefficient (Wildman–Crippen LogP) is 7.87. The maximum Gasteiger partial charge on any atom is 0.0543 e. The van der Waals surface area contributed by atoms with Crippen LogP contribution in [-0.4, -0.2) is 11.2 Å². The molecule has 4 aliphatic rings. The van der Waals surface area contributed by atoms with Crippen LogP contribution in [0, 0.1) is 40.4 Å². The van der Waals surface area contributed by atoms with Gasteiger partial charge in [-0.3, -0.25) is 0 Å². The second-order valence-corrected chi connectivity index (χ2v) is 12.2. The zero-order valence-corrected chi connectivity index (χ0v) is 20.5. The lowest BCUT2D eigenvalue weighted by molar-refractivity contribution is 0.0229. The number of hydrogen-bond acceptors (Lipinski definition) is 1. The summed E-state index contributed by atoms with van der Waals surface area (Å²) >= 11 is 0. The molecule has 1 N–H and O–H groups in total. The summed E-state index contributed by atoms with van der Waals surface area (Å²) < 4.78 is 0. The molecule has 0 aromatic carbocycles. The minimum absolute atomic E-state index is 0.0554. The van der Waals surface area contributed by atoms with Gasteiger partial charge >= 0.3 is 0 Å². The molecule has 1 saturated carbocycles. The van der Waals surface area contributed by atoms with Crippen molar-refractivity contribution in [2.75, 3.05) is 0 Å². The average molecular weight is 411 g/mol. The number of aliphatic hydroxyl groups is 1. The fraction of sp³-hybridized carbons (Fsp3) is 0.793. The van der Waals surface area contributed by atoms with Crippen LogP contribution >= 0.6 is 0 Å². The van der Waals surface area contributed by atoms with Gasteiger partial charge in [0.05, 0.1) is 6.10 Å². The largest absolute Gasteiger partial charge is 0.393 e. The first-order valence-corrected chi connectivity index (χ1v) is 12.9. The standard InChI is InChI=1S/C29H46O/c1-19(2)20(3)8-7-9-21(4)25-12-13-26-24-11-10-22-18-23(30)14-16-28(22,5)27(24)15-17-29(25,26)6/h7,9,13,19-23,25,30H,8,10-12,14-18H2,1-6H3/t20?,21-,22?,23?,25-,28+,29-/m1/s1. The van der Waals surface area contributed by atoms with Gasteiger partial charge in [0.2, 0.25) is 0 Å². The molecule has 0 saturated heterocycles. The normalized spacial score (nSPS) is 40.8. The van der Waals surface area contributed by atoms with Crippen molar-refractivity contribution < 1.29 is 5.11 Å². The molecular formula is C29H46O. The minimum Gasteiger partial charge on any atom is -0.393 e. The summed E-state index contributed by atoms with van der Waals surface area (Å²) in [7, 11) is 0. The zero-order valence-electron chi connectivity index (χ0n) is 20.5. The summed E-state index contributed by atoms with van der Waals surface area (Å²) in [4.78, 5) is 0. The molecule has 0 spiro atoms. The van der Waals surface area contributed by atoms with Crippen LogP contribution in [0.2, 0.25) is 0 Å². The van der Waals surface area contributed by atoms with Crippen LogP contribution in [0.3, 0.4) is 0 Å². The SMILES string of the molecule is CC(C)C(C)CC=C[C@@H](C)[C@H]1CC=C2C3=C(CC[C@@]21C)[C@@]1(C)CCC(O)CC1CC3. The minimum atomic E-state index is -0.0554. The Bertz CT molecular complexity index is 739. The number of fused-ring (bicyclic) bond motifs is 4. The number of rotatable bonds is 5. The van der Waals surface area contributed by atoms with E-state index in [1.165, 1.54) is 44.9 Å². The van der Waals surface area contributed by atoms with E-state index in [0.29, 0.717) is 22.7 Å². The molecule has 0 heterocycles. The van der Waals surface area contributed by atoms with Crippen LogP contribution in [0.4, 0.5) is 0 Å². The molecule has 4 aliphatic carbocycles. The first-order chi connectivity index (χ1) is 14.2. The van der Waals surface area contributed by atoms with Crippen LogP contribution in [0.15, 0.2) is 34.9 Å². The van der Waals surface area contributed by atoms with Gasteiger partial charge in [-0.05, 0) is 109 Å². The van der Waals surface area contributed by atoms with Gasteiger partial charge in [0, 0.05) is 0 Å². The molecule has 168 valence electrons. The molecule has 0 aromatic rings. The first-order valence-electron chi connectivity index (χ1n) is 12.9. The molecule has 1 nitrogen and oxygen atoms in total.